The lowest BCUT2D eigenvalue weighted by molar-refractivity contribution is -0.139. The molecular formula is C20H24ClNO2S2. The lowest BCUT2D eigenvalue weighted by Crippen LogP contribution is -2.11. The Bertz CT molecular complexity index is 721. The van der Waals surface area contributed by atoms with Crippen molar-refractivity contribution < 1.29 is 9.53 Å². The number of thioether (sulfide) groups is 2. The standard InChI is InChI=1S/C18H18ClNO2S.C2H6S/c1-13(23-18-11-7-6-10-16(18)19)17(12-22-14(2)21)20-15-8-4-3-5-9-15;1-3-2/h3-11,20H,12H2,1-2H3;1-2H3/b17-13+;. The van der Waals surface area contributed by atoms with Gasteiger partial charge in [-0.1, -0.05) is 53.7 Å². The van der Waals surface area contributed by atoms with Gasteiger partial charge in [-0.2, -0.15) is 11.8 Å². The minimum Gasteiger partial charge on any atom is -0.459 e. The Morgan fingerprint density at radius 3 is 2.19 bits per heavy atom. The van der Waals surface area contributed by atoms with Crippen LogP contribution >= 0.6 is 35.1 Å². The highest BCUT2D eigenvalue weighted by atomic mass is 35.5. The van der Waals surface area contributed by atoms with E-state index >= 15 is 0 Å². The fourth-order valence-corrected chi connectivity index (χ4v) is 2.98. The van der Waals surface area contributed by atoms with Crippen molar-refractivity contribution in [3.8, 4) is 0 Å². The summed E-state index contributed by atoms with van der Waals surface area (Å²) < 4.78 is 5.16. The molecule has 140 valence electrons. The first kappa shape index (κ1) is 22.5. The Kier molecular flexibility index (Phi) is 11.0. The average molecular weight is 410 g/mol. The average Bonchev–Trinajstić information content (AvgIpc) is 2.62. The lowest BCUT2D eigenvalue weighted by Gasteiger charge is -2.15. The van der Waals surface area contributed by atoms with Crippen molar-refractivity contribution in [3.63, 3.8) is 0 Å². The van der Waals surface area contributed by atoms with Crippen molar-refractivity contribution in [2.24, 2.45) is 0 Å². The van der Waals surface area contributed by atoms with Crippen LogP contribution in [0.4, 0.5) is 5.69 Å². The van der Waals surface area contributed by atoms with Crippen LogP contribution in [0.3, 0.4) is 0 Å². The lowest BCUT2D eigenvalue weighted by atomic mass is 10.3. The van der Waals surface area contributed by atoms with Crippen molar-refractivity contribution >= 4 is 46.8 Å². The van der Waals surface area contributed by atoms with E-state index in [2.05, 4.69) is 5.32 Å². The molecule has 3 nitrogen and oxygen atoms in total. The molecule has 0 amide bonds. The maximum absolute atomic E-state index is 11.1. The maximum Gasteiger partial charge on any atom is 0.303 e. The highest BCUT2D eigenvalue weighted by Crippen LogP contribution is 2.34. The first-order valence-corrected chi connectivity index (χ1v) is 10.8. The first-order chi connectivity index (χ1) is 12.5. The largest absolute Gasteiger partial charge is 0.459 e. The number of carbonyl (C=O) groups excluding carboxylic acids is 1. The minimum atomic E-state index is -0.312. The number of hydrogen-bond donors (Lipinski definition) is 1. The molecule has 0 unspecified atom stereocenters. The highest BCUT2D eigenvalue weighted by Gasteiger charge is 2.09. The molecule has 0 aliphatic heterocycles. The van der Waals surface area contributed by atoms with Gasteiger partial charge in [0.05, 0.1) is 10.7 Å². The second-order valence-corrected chi connectivity index (χ2v) is 7.73. The Morgan fingerprint density at radius 2 is 1.62 bits per heavy atom. The van der Waals surface area contributed by atoms with Crippen LogP contribution in [0.2, 0.25) is 5.02 Å². The zero-order valence-corrected chi connectivity index (χ0v) is 17.8. The smallest absolute Gasteiger partial charge is 0.303 e. The second-order valence-electron chi connectivity index (χ2n) is 5.25. The predicted octanol–water partition coefficient (Wildman–Crippen LogP) is 6.32. The van der Waals surface area contributed by atoms with Crippen LogP contribution in [0.1, 0.15) is 13.8 Å². The predicted molar refractivity (Wildman–Crippen MR) is 116 cm³/mol. The molecular weight excluding hydrogens is 386 g/mol. The maximum atomic E-state index is 11.1. The first-order valence-electron chi connectivity index (χ1n) is 7.95. The number of benzene rings is 2. The molecule has 0 atom stereocenters. The molecule has 0 radical (unpaired) electrons. The van der Waals surface area contributed by atoms with Gasteiger partial charge in [0.1, 0.15) is 6.61 Å². The third kappa shape index (κ3) is 8.70. The van der Waals surface area contributed by atoms with Crippen molar-refractivity contribution in [1.82, 2.24) is 0 Å². The Morgan fingerprint density at radius 1 is 1.04 bits per heavy atom. The van der Waals surface area contributed by atoms with Gasteiger partial charge >= 0.3 is 5.97 Å². The molecule has 0 saturated carbocycles. The van der Waals surface area contributed by atoms with Crippen LogP contribution in [0.25, 0.3) is 0 Å². The number of para-hydroxylation sites is 1. The van der Waals surface area contributed by atoms with Crippen molar-refractivity contribution in [2.45, 2.75) is 18.7 Å². The number of hydrogen-bond acceptors (Lipinski definition) is 5. The van der Waals surface area contributed by atoms with E-state index in [0.717, 1.165) is 21.2 Å². The van der Waals surface area contributed by atoms with Crippen LogP contribution in [0.15, 0.2) is 70.1 Å². The number of anilines is 1. The summed E-state index contributed by atoms with van der Waals surface area (Å²) in [5.41, 5.74) is 1.77. The summed E-state index contributed by atoms with van der Waals surface area (Å²) in [7, 11) is 0. The van der Waals surface area contributed by atoms with Gasteiger partial charge in [0.15, 0.2) is 0 Å². The fraction of sp³-hybridized carbons (Fsp3) is 0.250. The van der Waals surface area contributed by atoms with Crippen LogP contribution < -0.4 is 5.32 Å². The summed E-state index contributed by atoms with van der Waals surface area (Å²) in [5, 5.41) is 4.01. The molecule has 2 aromatic rings. The molecule has 0 aliphatic rings. The van der Waals surface area contributed by atoms with Crippen LogP contribution in [0, 0.1) is 0 Å². The fourth-order valence-electron chi connectivity index (χ4n) is 1.85. The van der Waals surface area contributed by atoms with Crippen LogP contribution in [0.5, 0.6) is 0 Å². The van der Waals surface area contributed by atoms with Gasteiger partial charge < -0.3 is 10.1 Å². The van der Waals surface area contributed by atoms with Crippen molar-refractivity contribution in [2.75, 3.05) is 24.4 Å². The van der Waals surface area contributed by atoms with Crippen LogP contribution in [-0.4, -0.2) is 25.1 Å². The SMILES string of the molecule is CC(=O)OC/C(Nc1ccccc1)=C(/C)Sc1ccccc1Cl.CSC. The number of allylic oxidation sites excluding steroid dienone is 1. The molecule has 0 bridgehead atoms. The molecule has 0 spiro atoms. The molecule has 0 aliphatic carbocycles. The summed E-state index contributed by atoms with van der Waals surface area (Å²) in [5.74, 6) is -0.312. The number of halogens is 1. The zero-order chi connectivity index (χ0) is 19.4. The van der Waals surface area contributed by atoms with Crippen molar-refractivity contribution in [1.29, 1.82) is 0 Å². The van der Waals surface area contributed by atoms with Gasteiger partial charge in [-0.25, -0.2) is 0 Å². The normalized spacial score (nSPS) is 11.0. The monoisotopic (exact) mass is 409 g/mol. The Balaban J connectivity index is 0.00000105. The van der Waals surface area contributed by atoms with Gasteiger partial charge in [-0.05, 0) is 43.7 Å². The van der Waals surface area contributed by atoms with E-state index in [-0.39, 0.29) is 12.6 Å². The molecule has 2 rings (SSSR count). The van der Waals surface area contributed by atoms with Gasteiger partial charge in [-0.15, -0.1) is 0 Å². The third-order valence-electron chi connectivity index (χ3n) is 3.01. The van der Waals surface area contributed by atoms with E-state index in [9.17, 15) is 4.79 Å². The number of rotatable bonds is 6. The molecule has 1 N–H and O–H groups in total. The molecule has 2 aromatic carbocycles. The summed E-state index contributed by atoms with van der Waals surface area (Å²) in [6, 6.07) is 17.4. The molecule has 0 aromatic heterocycles. The Labute approximate surface area is 169 Å². The summed E-state index contributed by atoms with van der Waals surface area (Å²) in [6.07, 6.45) is 4.08. The van der Waals surface area contributed by atoms with Gasteiger partial charge in [0.25, 0.3) is 0 Å². The van der Waals surface area contributed by atoms with E-state index in [0.29, 0.717) is 5.02 Å². The zero-order valence-electron chi connectivity index (χ0n) is 15.4. The van der Waals surface area contributed by atoms with Gasteiger partial charge in [-0.3, -0.25) is 4.79 Å². The Hall–Kier alpha value is -1.56. The van der Waals surface area contributed by atoms with E-state index in [1.54, 1.807) is 23.5 Å². The second kappa shape index (κ2) is 12.7. The van der Waals surface area contributed by atoms with Gasteiger partial charge in [0.2, 0.25) is 0 Å². The quantitative estimate of drug-likeness (QED) is 0.446. The number of esters is 1. The van der Waals surface area contributed by atoms with E-state index < -0.39 is 0 Å². The molecule has 0 fully saturated rings. The molecule has 0 saturated heterocycles. The van der Waals surface area contributed by atoms with E-state index in [4.69, 9.17) is 16.3 Å². The molecule has 0 heterocycles. The van der Waals surface area contributed by atoms with Gasteiger partial charge in [0, 0.05) is 22.4 Å². The highest BCUT2D eigenvalue weighted by molar-refractivity contribution is 8.03. The third-order valence-corrected chi connectivity index (χ3v) is 4.58. The van der Waals surface area contributed by atoms with E-state index in [1.165, 1.54) is 6.92 Å². The van der Waals surface area contributed by atoms with Crippen molar-refractivity contribution in [3.05, 3.63) is 70.2 Å². The molecule has 6 heteroatoms. The summed E-state index contributed by atoms with van der Waals surface area (Å²) >= 11 is 9.50. The number of nitrogens with one attached hydrogen (secondary N) is 1. The van der Waals surface area contributed by atoms with E-state index in [1.807, 2.05) is 74.0 Å². The topological polar surface area (TPSA) is 38.3 Å². The minimum absolute atomic E-state index is 0.188. The summed E-state index contributed by atoms with van der Waals surface area (Å²) in [6.45, 7) is 3.56. The number of ether oxygens (including phenoxy) is 1. The van der Waals surface area contributed by atoms with Crippen LogP contribution in [-0.2, 0) is 9.53 Å². The molecule has 26 heavy (non-hydrogen) atoms. The number of carbonyl (C=O) groups is 1. The summed E-state index contributed by atoms with van der Waals surface area (Å²) in [4.78, 5) is 13.1.